The summed E-state index contributed by atoms with van der Waals surface area (Å²) in [5.74, 6) is -0.0443. The number of hydrogen-bond acceptors (Lipinski definition) is 3. The summed E-state index contributed by atoms with van der Waals surface area (Å²) in [7, 11) is -3.75. The Balaban J connectivity index is 1.84. The van der Waals surface area contributed by atoms with Gasteiger partial charge in [0.2, 0.25) is 15.9 Å². The Morgan fingerprint density at radius 1 is 1.15 bits per heavy atom. The minimum atomic E-state index is -3.75. The third-order valence-electron chi connectivity index (χ3n) is 4.77. The summed E-state index contributed by atoms with van der Waals surface area (Å²) in [6.07, 6.45) is 1.15. The number of benzene rings is 2. The van der Waals surface area contributed by atoms with Crippen LogP contribution in [0.2, 0.25) is 5.02 Å². The zero-order valence-corrected chi connectivity index (χ0v) is 16.9. The van der Waals surface area contributed by atoms with Crippen molar-refractivity contribution in [3.8, 4) is 0 Å². The van der Waals surface area contributed by atoms with Crippen LogP contribution in [0.15, 0.2) is 53.4 Å². The zero-order valence-electron chi connectivity index (χ0n) is 15.4. The normalized spacial score (nSPS) is 18.0. The molecule has 1 aliphatic rings. The van der Waals surface area contributed by atoms with Crippen LogP contribution < -0.4 is 5.32 Å². The lowest BCUT2D eigenvalue weighted by Crippen LogP contribution is -2.43. The van der Waals surface area contributed by atoms with Crippen LogP contribution >= 0.6 is 11.6 Å². The monoisotopic (exact) mass is 406 g/mol. The fourth-order valence-corrected chi connectivity index (χ4v) is 5.14. The number of nitrogens with one attached hydrogen (secondary N) is 1. The Morgan fingerprint density at radius 3 is 2.48 bits per heavy atom. The summed E-state index contributed by atoms with van der Waals surface area (Å²) in [5, 5.41) is 3.40. The Kier molecular flexibility index (Phi) is 5.89. The number of hydrogen-bond donors (Lipinski definition) is 1. The molecule has 27 heavy (non-hydrogen) atoms. The maximum atomic E-state index is 13.0. The van der Waals surface area contributed by atoms with Crippen molar-refractivity contribution in [3.63, 3.8) is 0 Å². The average Bonchev–Trinajstić information content (AvgIpc) is 3.13. The summed E-state index contributed by atoms with van der Waals surface area (Å²) in [4.78, 5) is 13.0. The van der Waals surface area contributed by atoms with Crippen molar-refractivity contribution >= 4 is 33.2 Å². The SMILES string of the molecule is CC(C)c1ccccc1NC(=O)C1CCCN1S(=O)(=O)c1ccc(Cl)cc1. The predicted octanol–water partition coefficient (Wildman–Crippen LogP) is 4.26. The van der Waals surface area contributed by atoms with Gasteiger partial charge in [-0.1, -0.05) is 43.6 Å². The second-order valence-corrected chi connectivity index (χ2v) is 9.29. The summed E-state index contributed by atoms with van der Waals surface area (Å²) in [6.45, 7) is 4.44. The molecular formula is C20H23ClN2O3S. The molecule has 1 atom stereocenters. The van der Waals surface area contributed by atoms with E-state index in [1.54, 1.807) is 12.1 Å². The number of halogens is 1. The van der Waals surface area contributed by atoms with Gasteiger partial charge in [0.25, 0.3) is 0 Å². The summed E-state index contributed by atoms with van der Waals surface area (Å²) in [5.41, 5.74) is 1.75. The van der Waals surface area contributed by atoms with Gasteiger partial charge in [0.15, 0.2) is 0 Å². The first kappa shape index (κ1) is 19.9. The summed E-state index contributed by atoms with van der Waals surface area (Å²) in [6, 6.07) is 12.9. The zero-order chi connectivity index (χ0) is 19.6. The van der Waals surface area contributed by atoms with Gasteiger partial charge in [-0.3, -0.25) is 4.79 Å². The van der Waals surface area contributed by atoms with Crippen LogP contribution in [0.4, 0.5) is 5.69 Å². The van der Waals surface area contributed by atoms with Gasteiger partial charge in [0, 0.05) is 17.3 Å². The van der Waals surface area contributed by atoms with Gasteiger partial charge in [-0.2, -0.15) is 4.31 Å². The third kappa shape index (κ3) is 4.18. The van der Waals surface area contributed by atoms with Crippen LogP contribution in [0.3, 0.4) is 0 Å². The lowest BCUT2D eigenvalue weighted by atomic mass is 10.0. The lowest BCUT2D eigenvalue weighted by Gasteiger charge is -2.24. The molecule has 144 valence electrons. The van der Waals surface area contributed by atoms with Gasteiger partial charge in [0.05, 0.1) is 4.90 Å². The molecule has 0 saturated carbocycles. The van der Waals surface area contributed by atoms with Crippen molar-refractivity contribution in [2.45, 2.75) is 43.5 Å². The maximum Gasteiger partial charge on any atom is 0.243 e. The van der Waals surface area contributed by atoms with Crippen LogP contribution in [0.1, 0.15) is 38.2 Å². The second-order valence-electron chi connectivity index (χ2n) is 6.96. The molecule has 0 radical (unpaired) electrons. The van der Waals surface area contributed by atoms with Crippen molar-refractivity contribution in [2.24, 2.45) is 0 Å². The van der Waals surface area contributed by atoms with E-state index in [1.807, 2.05) is 24.3 Å². The van der Waals surface area contributed by atoms with Gasteiger partial charge in [0.1, 0.15) is 6.04 Å². The van der Waals surface area contributed by atoms with E-state index >= 15 is 0 Å². The molecule has 7 heteroatoms. The molecule has 2 aromatic carbocycles. The van der Waals surface area contributed by atoms with Gasteiger partial charge in [-0.15, -0.1) is 0 Å². The highest BCUT2D eigenvalue weighted by Crippen LogP contribution is 2.29. The van der Waals surface area contributed by atoms with E-state index in [2.05, 4.69) is 19.2 Å². The first-order valence-corrected chi connectivity index (χ1v) is 10.8. The molecule has 0 aliphatic carbocycles. The quantitative estimate of drug-likeness (QED) is 0.806. The number of carbonyl (C=O) groups is 1. The smallest absolute Gasteiger partial charge is 0.243 e. The van der Waals surface area contributed by atoms with E-state index in [0.717, 1.165) is 11.3 Å². The highest BCUT2D eigenvalue weighted by molar-refractivity contribution is 7.89. The van der Waals surface area contributed by atoms with Crippen LogP contribution in [0.5, 0.6) is 0 Å². The molecule has 0 bridgehead atoms. The molecule has 0 spiro atoms. The molecule has 1 saturated heterocycles. The van der Waals surface area contributed by atoms with Gasteiger partial charge >= 0.3 is 0 Å². The predicted molar refractivity (Wildman–Crippen MR) is 108 cm³/mol. The highest BCUT2D eigenvalue weighted by Gasteiger charge is 2.39. The van der Waals surface area contributed by atoms with E-state index < -0.39 is 16.1 Å². The molecule has 1 aliphatic heterocycles. The molecule has 1 fully saturated rings. The first-order valence-electron chi connectivity index (χ1n) is 8.98. The van der Waals surface area contributed by atoms with Gasteiger partial charge in [-0.05, 0) is 54.7 Å². The minimum Gasteiger partial charge on any atom is -0.324 e. The molecular weight excluding hydrogens is 384 g/mol. The van der Waals surface area contributed by atoms with Crippen molar-refractivity contribution in [1.82, 2.24) is 4.31 Å². The van der Waals surface area contributed by atoms with E-state index in [4.69, 9.17) is 11.6 Å². The van der Waals surface area contributed by atoms with E-state index in [1.165, 1.54) is 16.4 Å². The molecule has 5 nitrogen and oxygen atoms in total. The fraction of sp³-hybridized carbons (Fsp3) is 0.350. The largest absolute Gasteiger partial charge is 0.324 e. The van der Waals surface area contributed by atoms with Crippen LogP contribution in [0, 0.1) is 0 Å². The molecule has 1 heterocycles. The Labute approximate surface area is 165 Å². The Morgan fingerprint density at radius 2 is 1.81 bits per heavy atom. The fourth-order valence-electron chi connectivity index (χ4n) is 3.36. The van der Waals surface area contributed by atoms with E-state index in [-0.39, 0.29) is 16.7 Å². The van der Waals surface area contributed by atoms with Crippen LogP contribution in [0.25, 0.3) is 0 Å². The van der Waals surface area contributed by atoms with Gasteiger partial charge < -0.3 is 5.32 Å². The maximum absolute atomic E-state index is 13.0. The second kappa shape index (κ2) is 8.00. The summed E-state index contributed by atoms with van der Waals surface area (Å²) >= 11 is 5.86. The van der Waals surface area contributed by atoms with Crippen LogP contribution in [-0.2, 0) is 14.8 Å². The molecule has 0 aromatic heterocycles. The van der Waals surface area contributed by atoms with Crippen LogP contribution in [-0.4, -0.2) is 31.2 Å². The molecule has 3 rings (SSSR count). The average molecular weight is 407 g/mol. The van der Waals surface area contributed by atoms with Crippen molar-refractivity contribution in [3.05, 3.63) is 59.1 Å². The molecule has 1 amide bonds. The standard InChI is InChI=1S/C20H23ClN2O3S/c1-14(2)17-6-3-4-7-18(17)22-20(24)19-8-5-13-23(19)27(25,26)16-11-9-15(21)10-12-16/h3-4,6-7,9-12,14,19H,5,8,13H2,1-2H3,(H,22,24). The van der Waals surface area contributed by atoms with E-state index in [9.17, 15) is 13.2 Å². The first-order chi connectivity index (χ1) is 12.8. The number of nitrogens with zero attached hydrogens (tertiary/aromatic N) is 1. The van der Waals surface area contributed by atoms with Gasteiger partial charge in [-0.25, -0.2) is 8.42 Å². The topological polar surface area (TPSA) is 66.5 Å². The summed E-state index contributed by atoms with van der Waals surface area (Å²) < 4.78 is 27.3. The van der Waals surface area contributed by atoms with Crippen molar-refractivity contribution in [2.75, 3.05) is 11.9 Å². The lowest BCUT2D eigenvalue weighted by molar-refractivity contribution is -0.119. The van der Waals surface area contributed by atoms with E-state index in [0.29, 0.717) is 24.4 Å². The molecule has 2 aromatic rings. The van der Waals surface area contributed by atoms with Crippen molar-refractivity contribution < 1.29 is 13.2 Å². The number of rotatable bonds is 5. The number of amides is 1. The van der Waals surface area contributed by atoms with Crippen molar-refractivity contribution in [1.29, 1.82) is 0 Å². The highest BCUT2D eigenvalue weighted by atomic mass is 35.5. The molecule has 1 N–H and O–H groups in total. The molecule has 1 unspecified atom stereocenters. The number of sulfonamides is 1. The minimum absolute atomic E-state index is 0.147. The number of anilines is 1. The Bertz CT molecular complexity index is 926. The third-order valence-corrected chi connectivity index (χ3v) is 6.94. The number of para-hydroxylation sites is 1. The number of carbonyl (C=O) groups excluding carboxylic acids is 1. The Hall–Kier alpha value is -1.89.